The molecular formula is C26H30ClN3O2. The van der Waals surface area contributed by atoms with Crippen LogP contribution >= 0.6 is 11.6 Å². The number of aromatic nitrogens is 3. The first-order chi connectivity index (χ1) is 15.5. The van der Waals surface area contributed by atoms with Gasteiger partial charge in [0.1, 0.15) is 6.54 Å². The Labute approximate surface area is 194 Å². The van der Waals surface area contributed by atoms with Crippen molar-refractivity contribution in [1.82, 2.24) is 14.3 Å². The molecule has 1 fully saturated rings. The molecule has 1 aliphatic rings. The lowest BCUT2D eigenvalue weighted by Gasteiger charge is -2.22. The second-order valence-electron chi connectivity index (χ2n) is 8.85. The minimum Gasteiger partial charge on any atom is -0.298 e. The molecule has 5 nitrogen and oxygen atoms in total. The van der Waals surface area contributed by atoms with Crippen LogP contribution in [0.15, 0.2) is 53.3 Å². The number of nitrogens with zero attached hydrogens (tertiary/aromatic N) is 3. The third kappa shape index (κ3) is 5.39. The molecule has 4 rings (SSSR count). The Kier molecular flexibility index (Phi) is 7.26. The van der Waals surface area contributed by atoms with Gasteiger partial charge in [-0.15, -0.1) is 5.10 Å². The predicted octanol–water partition coefficient (Wildman–Crippen LogP) is 5.46. The maximum atomic E-state index is 13.3. The highest BCUT2D eigenvalue weighted by Gasteiger charge is 2.21. The standard InChI is InChI=1S/C26H30ClN3O2/c1-19-7-5-6-10-21(19)13-16-24(31)18-30-26(32)29(17-20-8-3-2-4-9-20)25(28-30)22-11-14-23(27)15-12-22/h5-7,10-12,14-15,20H,2-4,8-9,13,16-18H2,1H3. The van der Waals surface area contributed by atoms with Crippen molar-refractivity contribution in [3.63, 3.8) is 0 Å². The molecule has 0 saturated heterocycles. The highest BCUT2D eigenvalue weighted by Crippen LogP contribution is 2.27. The second kappa shape index (κ2) is 10.3. The first kappa shape index (κ1) is 22.5. The van der Waals surface area contributed by atoms with Gasteiger partial charge in [0.05, 0.1) is 0 Å². The number of halogens is 1. The molecule has 1 heterocycles. The minimum absolute atomic E-state index is 0.00295. The van der Waals surface area contributed by atoms with Crippen molar-refractivity contribution in [1.29, 1.82) is 0 Å². The van der Waals surface area contributed by atoms with Crippen molar-refractivity contribution in [2.45, 2.75) is 65.0 Å². The summed E-state index contributed by atoms with van der Waals surface area (Å²) >= 11 is 6.06. The van der Waals surface area contributed by atoms with Crippen molar-refractivity contribution in [3.8, 4) is 11.4 Å². The maximum Gasteiger partial charge on any atom is 0.346 e. The van der Waals surface area contributed by atoms with E-state index in [0.717, 1.165) is 24.0 Å². The Hall–Kier alpha value is -2.66. The van der Waals surface area contributed by atoms with Crippen LogP contribution in [0, 0.1) is 12.8 Å². The molecule has 1 saturated carbocycles. The van der Waals surface area contributed by atoms with Gasteiger partial charge in [-0.3, -0.25) is 9.36 Å². The zero-order chi connectivity index (χ0) is 22.5. The molecule has 6 heteroatoms. The highest BCUT2D eigenvalue weighted by atomic mass is 35.5. The van der Waals surface area contributed by atoms with Crippen molar-refractivity contribution >= 4 is 17.4 Å². The van der Waals surface area contributed by atoms with Gasteiger partial charge in [0.25, 0.3) is 0 Å². The number of ketones is 1. The van der Waals surface area contributed by atoms with E-state index in [0.29, 0.717) is 36.2 Å². The van der Waals surface area contributed by atoms with Gasteiger partial charge in [-0.25, -0.2) is 9.48 Å². The van der Waals surface area contributed by atoms with E-state index >= 15 is 0 Å². The molecule has 0 amide bonds. The van der Waals surface area contributed by atoms with E-state index in [-0.39, 0.29) is 18.0 Å². The van der Waals surface area contributed by atoms with Crippen LogP contribution in [-0.2, 0) is 24.3 Å². The highest BCUT2D eigenvalue weighted by molar-refractivity contribution is 6.30. The van der Waals surface area contributed by atoms with Gasteiger partial charge >= 0.3 is 5.69 Å². The number of Topliss-reactive ketones (excluding diaryl/α,β-unsaturated/α-hetero) is 1. The van der Waals surface area contributed by atoms with Gasteiger partial charge in [-0.05, 0) is 67.5 Å². The summed E-state index contributed by atoms with van der Waals surface area (Å²) < 4.78 is 3.10. The van der Waals surface area contributed by atoms with Gasteiger partial charge in [0.15, 0.2) is 11.6 Å². The van der Waals surface area contributed by atoms with Gasteiger partial charge in [-0.1, -0.05) is 55.1 Å². The molecule has 1 aliphatic carbocycles. The van der Waals surface area contributed by atoms with Crippen LogP contribution < -0.4 is 5.69 Å². The molecule has 0 atom stereocenters. The van der Waals surface area contributed by atoms with Crippen LogP contribution in [0.3, 0.4) is 0 Å². The zero-order valence-electron chi connectivity index (χ0n) is 18.6. The summed E-state index contributed by atoms with van der Waals surface area (Å²) in [6.07, 6.45) is 7.02. The van der Waals surface area contributed by atoms with Crippen LogP contribution in [0.4, 0.5) is 0 Å². The second-order valence-corrected chi connectivity index (χ2v) is 9.29. The van der Waals surface area contributed by atoms with Crippen molar-refractivity contribution < 1.29 is 4.79 Å². The fourth-order valence-electron chi connectivity index (χ4n) is 4.56. The summed E-state index contributed by atoms with van der Waals surface area (Å²) in [6, 6.07) is 15.5. The van der Waals surface area contributed by atoms with E-state index in [2.05, 4.69) is 18.1 Å². The molecule has 2 aromatic carbocycles. The van der Waals surface area contributed by atoms with E-state index in [1.54, 1.807) is 16.7 Å². The monoisotopic (exact) mass is 451 g/mol. The van der Waals surface area contributed by atoms with E-state index in [9.17, 15) is 9.59 Å². The average Bonchev–Trinajstić information content (AvgIpc) is 3.09. The first-order valence-corrected chi connectivity index (χ1v) is 11.9. The molecule has 0 radical (unpaired) electrons. The molecule has 0 N–H and O–H groups in total. The van der Waals surface area contributed by atoms with Crippen LogP contribution in [0.5, 0.6) is 0 Å². The van der Waals surface area contributed by atoms with Crippen LogP contribution in [0.25, 0.3) is 11.4 Å². The van der Waals surface area contributed by atoms with Crippen LogP contribution in [0.1, 0.15) is 49.7 Å². The van der Waals surface area contributed by atoms with Gasteiger partial charge < -0.3 is 0 Å². The lowest BCUT2D eigenvalue weighted by molar-refractivity contribution is -0.119. The van der Waals surface area contributed by atoms with Crippen molar-refractivity contribution in [2.24, 2.45) is 5.92 Å². The minimum atomic E-state index is -0.204. The molecule has 0 unspecified atom stereocenters. The van der Waals surface area contributed by atoms with Crippen molar-refractivity contribution in [3.05, 3.63) is 75.2 Å². The molecule has 168 valence electrons. The Morgan fingerprint density at radius 3 is 2.50 bits per heavy atom. The van der Waals surface area contributed by atoms with Gasteiger partial charge in [-0.2, -0.15) is 0 Å². The SMILES string of the molecule is Cc1ccccc1CCC(=O)Cn1nc(-c2ccc(Cl)cc2)n(CC2CCCCC2)c1=O. The molecule has 3 aromatic rings. The summed E-state index contributed by atoms with van der Waals surface area (Å²) in [4.78, 5) is 26.0. The number of aryl methyl sites for hydroxylation is 2. The Morgan fingerprint density at radius 1 is 1.06 bits per heavy atom. The summed E-state index contributed by atoms with van der Waals surface area (Å²) in [5.74, 6) is 1.10. The van der Waals surface area contributed by atoms with Gasteiger partial charge in [0.2, 0.25) is 0 Å². The lowest BCUT2D eigenvalue weighted by atomic mass is 9.89. The fourth-order valence-corrected chi connectivity index (χ4v) is 4.69. The van der Waals surface area contributed by atoms with Crippen LogP contribution in [-0.4, -0.2) is 20.1 Å². The Morgan fingerprint density at radius 2 is 1.78 bits per heavy atom. The van der Waals surface area contributed by atoms with E-state index < -0.39 is 0 Å². The summed E-state index contributed by atoms with van der Waals surface area (Å²) in [6.45, 7) is 2.70. The lowest BCUT2D eigenvalue weighted by Crippen LogP contribution is -2.30. The largest absolute Gasteiger partial charge is 0.346 e. The number of benzene rings is 2. The number of carbonyl (C=O) groups excluding carboxylic acids is 1. The fraction of sp³-hybridized carbons (Fsp3) is 0.423. The molecule has 0 spiro atoms. The van der Waals surface area contributed by atoms with E-state index in [4.69, 9.17) is 11.6 Å². The normalized spacial score (nSPS) is 14.6. The summed E-state index contributed by atoms with van der Waals surface area (Å²) in [5.41, 5.74) is 2.98. The first-order valence-electron chi connectivity index (χ1n) is 11.5. The summed E-state index contributed by atoms with van der Waals surface area (Å²) in [7, 11) is 0. The molecule has 0 aliphatic heterocycles. The average molecular weight is 452 g/mol. The summed E-state index contributed by atoms with van der Waals surface area (Å²) in [5, 5.41) is 5.23. The topological polar surface area (TPSA) is 56.9 Å². The number of carbonyl (C=O) groups is 1. The molecule has 1 aromatic heterocycles. The van der Waals surface area contributed by atoms with Crippen LogP contribution in [0.2, 0.25) is 5.02 Å². The smallest absolute Gasteiger partial charge is 0.298 e. The van der Waals surface area contributed by atoms with Crippen molar-refractivity contribution in [2.75, 3.05) is 0 Å². The van der Waals surface area contributed by atoms with E-state index in [1.807, 2.05) is 30.3 Å². The molecule has 0 bridgehead atoms. The van der Waals surface area contributed by atoms with Gasteiger partial charge in [0, 0.05) is 23.6 Å². The zero-order valence-corrected chi connectivity index (χ0v) is 19.4. The predicted molar refractivity (Wildman–Crippen MR) is 128 cm³/mol. The maximum absolute atomic E-state index is 13.3. The number of hydrogen-bond donors (Lipinski definition) is 0. The third-order valence-corrected chi connectivity index (χ3v) is 6.70. The number of hydrogen-bond acceptors (Lipinski definition) is 3. The molecular weight excluding hydrogens is 422 g/mol. The number of rotatable bonds is 8. The third-order valence-electron chi connectivity index (χ3n) is 6.45. The van der Waals surface area contributed by atoms with E-state index in [1.165, 1.54) is 29.5 Å². The molecule has 32 heavy (non-hydrogen) atoms. The Balaban J connectivity index is 1.55. The Bertz CT molecular complexity index is 1120. The quantitative estimate of drug-likeness (QED) is 0.457.